The van der Waals surface area contributed by atoms with Crippen LogP contribution >= 0.6 is 0 Å². The van der Waals surface area contributed by atoms with Crippen molar-refractivity contribution in [3.05, 3.63) is 144 Å². The first-order valence-electron chi connectivity index (χ1n) is 15.0. The summed E-state index contributed by atoms with van der Waals surface area (Å²) < 4.78 is 38.1. The molecule has 44 heavy (non-hydrogen) atoms. The molecule has 0 amide bonds. The Bertz CT molecular complexity index is 1370. The van der Waals surface area contributed by atoms with E-state index in [2.05, 4.69) is 0 Å². The van der Waals surface area contributed by atoms with Gasteiger partial charge in [0, 0.05) is 12.8 Å². The van der Waals surface area contributed by atoms with Gasteiger partial charge in [-0.1, -0.05) is 121 Å². The molecule has 5 atom stereocenters. The molecule has 0 bridgehead atoms. The van der Waals surface area contributed by atoms with Crippen molar-refractivity contribution in [2.24, 2.45) is 5.92 Å². The van der Waals surface area contributed by atoms with Crippen LogP contribution in [0.1, 0.15) is 29.2 Å². The van der Waals surface area contributed by atoms with Crippen LogP contribution in [0.4, 0.5) is 0 Å². The van der Waals surface area contributed by atoms with Crippen LogP contribution in [-0.2, 0) is 59.6 Å². The molecule has 1 aliphatic rings. The Labute approximate surface area is 259 Å². The van der Waals surface area contributed by atoms with Crippen LogP contribution in [0.5, 0.6) is 0 Å². The van der Waals surface area contributed by atoms with Gasteiger partial charge < -0.3 is 28.4 Å². The molecule has 0 aliphatic carbocycles. The van der Waals surface area contributed by atoms with Crippen LogP contribution in [-0.4, -0.2) is 43.8 Å². The predicted molar refractivity (Wildman–Crippen MR) is 166 cm³/mol. The van der Waals surface area contributed by atoms with Gasteiger partial charge in [0.05, 0.1) is 45.7 Å². The van der Waals surface area contributed by atoms with Crippen LogP contribution in [0.3, 0.4) is 0 Å². The van der Waals surface area contributed by atoms with Gasteiger partial charge in [-0.2, -0.15) is 0 Å². The molecule has 230 valence electrons. The molecule has 4 aromatic carbocycles. The minimum Gasteiger partial charge on any atom is -0.433 e. The summed E-state index contributed by atoms with van der Waals surface area (Å²) >= 11 is 0. The molecule has 0 spiro atoms. The maximum atomic E-state index is 12.3. The van der Waals surface area contributed by atoms with Gasteiger partial charge in [-0.25, -0.2) is 0 Å². The van der Waals surface area contributed by atoms with Gasteiger partial charge in [0.15, 0.2) is 0 Å². The maximum Gasteiger partial charge on any atom is 0.305 e. The lowest BCUT2D eigenvalue weighted by molar-refractivity contribution is -0.233. The smallest absolute Gasteiger partial charge is 0.305 e. The SMILES string of the molecule is CC(=O)OC1OCC(COCc2ccccc2)C(OCc2ccccc2)C(OCc2ccccc2)C1OCc1ccccc1. The summed E-state index contributed by atoms with van der Waals surface area (Å²) in [6.07, 6.45) is -2.93. The topological polar surface area (TPSA) is 72.5 Å². The quantitative estimate of drug-likeness (QED) is 0.154. The van der Waals surface area contributed by atoms with E-state index < -0.39 is 30.6 Å². The molecule has 4 aromatic rings. The van der Waals surface area contributed by atoms with Gasteiger partial charge >= 0.3 is 5.97 Å². The second-order valence-corrected chi connectivity index (χ2v) is 10.9. The average Bonchev–Trinajstić information content (AvgIpc) is 3.19. The Balaban J connectivity index is 1.45. The number of esters is 1. The Morgan fingerprint density at radius 1 is 0.591 bits per heavy atom. The van der Waals surface area contributed by atoms with Gasteiger partial charge in [0.25, 0.3) is 0 Å². The second-order valence-electron chi connectivity index (χ2n) is 10.9. The van der Waals surface area contributed by atoms with Gasteiger partial charge in [-0.15, -0.1) is 0 Å². The fourth-order valence-electron chi connectivity index (χ4n) is 5.22. The van der Waals surface area contributed by atoms with Crippen molar-refractivity contribution in [1.82, 2.24) is 0 Å². The number of benzene rings is 4. The first kappa shape index (κ1) is 31.6. The summed E-state index contributed by atoms with van der Waals surface area (Å²) in [7, 11) is 0. The van der Waals surface area contributed by atoms with Crippen molar-refractivity contribution < 1.29 is 33.2 Å². The molecule has 7 heteroatoms. The normalized spacial score (nSPS) is 21.8. The number of carbonyl (C=O) groups excluding carboxylic acids is 1. The van der Waals surface area contributed by atoms with E-state index in [9.17, 15) is 4.79 Å². The molecule has 0 aromatic heterocycles. The third kappa shape index (κ3) is 9.58. The van der Waals surface area contributed by atoms with Crippen molar-refractivity contribution in [2.75, 3.05) is 13.2 Å². The second kappa shape index (κ2) is 16.9. The Morgan fingerprint density at radius 3 is 1.45 bits per heavy atom. The molecule has 1 aliphatic heterocycles. The molecule has 1 heterocycles. The van der Waals surface area contributed by atoms with E-state index >= 15 is 0 Å². The van der Waals surface area contributed by atoms with Crippen LogP contribution in [0.15, 0.2) is 121 Å². The van der Waals surface area contributed by atoms with E-state index in [1.54, 1.807) is 0 Å². The summed E-state index contributed by atoms with van der Waals surface area (Å²) in [6.45, 7) is 3.33. The number of hydrogen-bond donors (Lipinski definition) is 0. The molecule has 7 nitrogen and oxygen atoms in total. The van der Waals surface area contributed by atoms with Gasteiger partial charge in [0.1, 0.15) is 12.2 Å². The van der Waals surface area contributed by atoms with Crippen molar-refractivity contribution >= 4 is 5.97 Å². The monoisotopic (exact) mass is 596 g/mol. The average molecular weight is 597 g/mol. The Kier molecular flexibility index (Phi) is 12.1. The molecule has 0 radical (unpaired) electrons. The minimum absolute atomic E-state index is 0.225. The summed E-state index contributed by atoms with van der Waals surface area (Å²) in [5, 5.41) is 0. The summed E-state index contributed by atoms with van der Waals surface area (Å²) in [6, 6.07) is 39.8. The van der Waals surface area contributed by atoms with Crippen LogP contribution in [0.25, 0.3) is 0 Å². The zero-order chi connectivity index (χ0) is 30.4. The third-order valence-electron chi connectivity index (χ3n) is 7.44. The summed E-state index contributed by atoms with van der Waals surface area (Å²) in [5.41, 5.74) is 4.08. The molecule has 1 saturated heterocycles. The summed E-state index contributed by atoms with van der Waals surface area (Å²) in [5.74, 6) is -0.711. The molecule has 0 N–H and O–H groups in total. The molecular formula is C37H40O7. The largest absolute Gasteiger partial charge is 0.433 e. The van der Waals surface area contributed by atoms with E-state index in [-0.39, 0.29) is 19.1 Å². The highest BCUT2D eigenvalue weighted by molar-refractivity contribution is 5.66. The van der Waals surface area contributed by atoms with E-state index in [1.807, 2.05) is 121 Å². The van der Waals surface area contributed by atoms with Crippen molar-refractivity contribution in [2.45, 2.75) is 58.0 Å². The molecule has 0 saturated carbocycles. The van der Waals surface area contributed by atoms with E-state index in [1.165, 1.54) is 6.92 Å². The highest BCUT2D eigenvalue weighted by atomic mass is 16.7. The van der Waals surface area contributed by atoms with Crippen molar-refractivity contribution in [3.63, 3.8) is 0 Å². The van der Waals surface area contributed by atoms with Crippen molar-refractivity contribution in [3.8, 4) is 0 Å². The standard InChI is InChI=1S/C37H40O7/c1-28(38)44-37-36(42-25-32-20-12-5-13-21-32)35(41-24-31-18-10-4-11-19-31)34(40-23-30-16-8-3-9-17-30)33(27-43-37)26-39-22-29-14-6-2-7-15-29/h2-21,33-37H,22-27H2,1H3. The Hall–Kier alpha value is -3.85. The number of carbonyl (C=O) groups is 1. The maximum absolute atomic E-state index is 12.3. The van der Waals surface area contributed by atoms with Gasteiger partial charge in [-0.3, -0.25) is 4.79 Å². The third-order valence-corrected chi connectivity index (χ3v) is 7.44. The zero-order valence-electron chi connectivity index (χ0n) is 25.0. The minimum atomic E-state index is -1.00. The van der Waals surface area contributed by atoms with Crippen molar-refractivity contribution in [1.29, 1.82) is 0 Å². The highest BCUT2D eigenvalue weighted by Gasteiger charge is 2.46. The Morgan fingerprint density at radius 2 is 1.00 bits per heavy atom. The molecular weight excluding hydrogens is 556 g/mol. The molecule has 1 fully saturated rings. The summed E-state index contributed by atoms with van der Waals surface area (Å²) in [4.78, 5) is 12.3. The van der Waals surface area contributed by atoms with Crippen LogP contribution in [0, 0.1) is 5.92 Å². The number of ether oxygens (including phenoxy) is 6. The first-order chi connectivity index (χ1) is 21.7. The van der Waals surface area contributed by atoms with Gasteiger partial charge in [0.2, 0.25) is 6.29 Å². The predicted octanol–water partition coefficient (Wildman–Crippen LogP) is 6.50. The lowest BCUT2D eigenvalue weighted by Gasteiger charge is -2.35. The van der Waals surface area contributed by atoms with E-state index in [0.717, 1.165) is 22.3 Å². The lowest BCUT2D eigenvalue weighted by atomic mass is 9.96. The molecule has 5 unspecified atom stereocenters. The highest BCUT2D eigenvalue weighted by Crippen LogP contribution is 2.31. The van der Waals surface area contributed by atoms with E-state index in [0.29, 0.717) is 26.4 Å². The zero-order valence-corrected chi connectivity index (χ0v) is 25.0. The fourth-order valence-corrected chi connectivity index (χ4v) is 5.22. The fraction of sp³-hybridized carbons (Fsp3) is 0.324. The van der Waals surface area contributed by atoms with Crippen LogP contribution < -0.4 is 0 Å². The van der Waals surface area contributed by atoms with Crippen LogP contribution in [0.2, 0.25) is 0 Å². The van der Waals surface area contributed by atoms with E-state index in [4.69, 9.17) is 28.4 Å². The lowest BCUT2D eigenvalue weighted by Crippen LogP contribution is -2.50. The van der Waals surface area contributed by atoms with Gasteiger partial charge in [-0.05, 0) is 22.3 Å². The number of rotatable bonds is 14. The molecule has 5 rings (SSSR count). The first-order valence-corrected chi connectivity index (χ1v) is 15.0. The number of hydrogen-bond acceptors (Lipinski definition) is 7.